The van der Waals surface area contributed by atoms with E-state index in [1.165, 1.54) is 6.21 Å². The standard InChI is InChI=1S/C12H15Br2NO3/c1-4-17-9-5-8(6-15-16)10(13)11(14)12(9)18-7(2)3/h5-7,16H,4H2,1-3H3/b15-6+. The molecule has 0 heterocycles. The van der Waals surface area contributed by atoms with E-state index in [0.29, 0.717) is 23.7 Å². The predicted molar refractivity (Wildman–Crippen MR) is 78.2 cm³/mol. The number of halogens is 2. The molecule has 1 aromatic carbocycles. The highest BCUT2D eigenvalue weighted by atomic mass is 79.9. The van der Waals surface area contributed by atoms with Gasteiger partial charge in [0.05, 0.1) is 23.4 Å². The van der Waals surface area contributed by atoms with E-state index in [4.69, 9.17) is 14.7 Å². The van der Waals surface area contributed by atoms with Crippen molar-refractivity contribution in [3.63, 3.8) is 0 Å². The van der Waals surface area contributed by atoms with Crippen molar-refractivity contribution in [3.05, 3.63) is 20.6 Å². The molecule has 4 nitrogen and oxygen atoms in total. The second-order valence-electron chi connectivity index (χ2n) is 3.77. The van der Waals surface area contributed by atoms with Crippen LogP contribution in [0.4, 0.5) is 0 Å². The Bertz CT molecular complexity index is 447. The lowest BCUT2D eigenvalue weighted by Crippen LogP contribution is -2.09. The molecule has 0 aromatic heterocycles. The number of rotatable bonds is 5. The van der Waals surface area contributed by atoms with Gasteiger partial charge in [-0.2, -0.15) is 0 Å². The SMILES string of the molecule is CCOc1cc(/C=N/O)c(Br)c(Br)c1OC(C)C. The van der Waals surface area contributed by atoms with Gasteiger partial charge in [0.25, 0.3) is 0 Å². The Morgan fingerprint density at radius 1 is 1.39 bits per heavy atom. The predicted octanol–water partition coefficient (Wildman–Crippen LogP) is 4.21. The van der Waals surface area contributed by atoms with Gasteiger partial charge in [0, 0.05) is 10.0 Å². The van der Waals surface area contributed by atoms with E-state index in [0.717, 1.165) is 8.95 Å². The van der Waals surface area contributed by atoms with Crippen LogP contribution in [0.25, 0.3) is 0 Å². The molecule has 18 heavy (non-hydrogen) atoms. The molecular weight excluding hydrogens is 366 g/mol. The third kappa shape index (κ3) is 3.62. The zero-order valence-corrected chi connectivity index (χ0v) is 13.6. The topological polar surface area (TPSA) is 51.0 Å². The normalized spacial score (nSPS) is 11.2. The quantitative estimate of drug-likeness (QED) is 0.473. The second kappa shape index (κ2) is 6.99. The zero-order chi connectivity index (χ0) is 13.7. The lowest BCUT2D eigenvalue weighted by Gasteiger charge is -2.18. The van der Waals surface area contributed by atoms with Gasteiger partial charge in [-0.15, -0.1) is 0 Å². The van der Waals surface area contributed by atoms with Gasteiger partial charge in [-0.1, -0.05) is 5.16 Å². The highest BCUT2D eigenvalue weighted by Gasteiger charge is 2.17. The molecule has 6 heteroatoms. The van der Waals surface area contributed by atoms with Gasteiger partial charge in [0.2, 0.25) is 0 Å². The molecule has 0 aliphatic rings. The Balaban J connectivity index is 3.34. The van der Waals surface area contributed by atoms with Gasteiger partial charge in [-0.25, -0.2) is 0 Å². The number of hydrogen-bond acceptors (Lipinski definition) is 4. The third-order valence-corrected chi connectivity index (χ3v) is 4.15. The summed E-state index contributed by atoms with van der Waals surface area (Å²) in [6, 6.07) is 1.76. The minimum atomic E-state index is 0.0322. The van der Waals surface area contributed by atoms with E-state index in [1.807, 2.05) is 20.8 Å². The highest BCUT2D eigenvalue weighted by molar-refractivity contribution is 9.13. The summed E-state index contributed by atoms with van der Waals surface area (Å²) in [5.41, 5.74) is 0.698. The van der Waals surface area contributed by atoms with Gasteiger partial charge >= 0.3 is 0 Å². The first-order valence-corrected chi connectivity index (χ1v) is 7.08. The molecule has 0 aliphatic heterocycles. The van der Waals surface area contributed by atoms with Crippen LogP contribution >= 0.6 is 31.9 Å². The number of benzene rings is 1. The summed E-state index contributed by atoms with van der Waals surface area (Å²) in [6.45, 7) is 6.31. The maximum absolute atomic E-state index is 8.63. The lowest BCUT2D eigenvalue weighted by atomic mass is 10.2. The fraction of sp³-hybridized carbons (Fsp3) is 0.417. The lowest BCUT2D eigenvalue weighted by molar-refractivity contribution is 0.222. The van der Waals surface area contributed by atoms with Crippen LogP contribution in [0.15, 0.2) is 20.2 Å². The molecule has 0 fully saturated rings. The summed E-state index contributed by atoms with van der Waals surface area (Å²) in [7, 11) is 0. The van der Waals surface area contributed by atoms with Crippen molar-refractivity contribution < 1.29 is 14.7 Å². The van der Waals surface area contributed by atoms with Crippen LogP contribution in [0, 0.1) is 0 Å². The van der Waals surface area contributed by atoms with Crippen LogP contribution < -0.4 is 9.47 Å². The van der Waals surface area contributed by atoms with Gasteiger partial charge in [-0.3, -0.25) is 0 Å². The van der Waals surface area contributed by atoms with Crippen molar-refractivity contribution in [2.75, 3.05) is 6.61 Å². The Kier molecular flexibility index (Phi) is 5.95. The summed E-state index contributed by atoms with van der Waals surface area (Å²) in [4.78, 5) is 0. The van der Waals surface area contributed by atoms with E-state index in [2.05, 4.69) is 37.0 Å². The Hall–Kier alpha value is -0.750. The molecule has 0 bridgehead atoms. The molecule has 1 N–H and O–H groups in total. The van der Waals surface area contributed by atoms with Crippen LogP contribution in [-0.4, -0.2) is 24.1 Å². The fourth-order valence-corrected chi connectivity index (χ4v) is 2.28. The van der Waals surface area contributed by atoms with Crippen LogP contribution in [0.1, 0.15) is 26.3 Å². The molecule has 0 atom stereocenters. The Morgan fingerprint density at radius 2 is 2.06 bits per heavy atom. The first-order valence-electron chi connectivity index (χ1n) is 5.50. The Morgan fingerprint density at radius 3 is 2.56 bits per heavy atom. The molecule has 1 rings (SSSR count). The molecule has 0 unspecified atom stereocenters. The van der Waals surface area contributed by atoms with Crippen molar-refractivity contribution in [1.82, 2.24) is 0 Å². The molecule has 0 amide bonds. The fourth-order valence-electron chi connectivity index (χ4n) is 1.37. The van der Waals surface area contributed by atoms with Gasteiger partial charge in [0.1, 0.15) is 0 Å². The highest BCUT2D eigenvalue weighted by Crippen LogP contribution is 2.42. The average Bonchev–Trinajstić information content (AvgIpc) is 2.31. The van der Waals surface area contributed by atoms with E-state index in [-0.39, 0.29) is 6.10 Å². The van der Waals surface area contributed by atoms with Crippen molar-refractivity contribution in [2.45, 2.75) is 26.9 Å². The number of ether oxygens (including phenoxy) is 2. The minimum absolute atomic E-state index is 0.0322. The van der Waals surface area contributed by atoms with Crippen LogP contribution in [0.5, 0.6) is 11.5 Å². The molecule has 0 spiro atoms. The third-order valence-electron chi connectivity index (χ3n) is 2.01. The van der Waals surface area contributed by atoms with Crippen molar-refractivity contribution in [3.8, 4) is 11.5 Å². The van der Waals surface area contributed by atoms with Crippen LogP contribution in [-0.2, 0) is 0 Å². The van der Waals surface area contributed by atoms with Crippen LogP contribution in [0.3, 0.4) is 0 Å². The monoisotopic (exact) mass is 379 g/mol. The van der Waals surface area contributed by atoms with E-state index in [9.17, 15) is 0 Å². The molecule has 1 aromatic rings. The second-order valence-corrected chi connectivity index (χ2v) is 5.35. The summed E-state index contributed by atoms with van der Waals surface area (Å²) in [5, 5.41) is 11.7. The van der Waals surface area contributed by atoms with Gasteiger partial charge in [-0.05, 0) is 58.7 Å². The largest absolute Gasteiger partial charge is 0.490 e. The minimum Gasteiger partial charge on any atom is -0.490 e. The van der Waals surface area contributed by atoms with Gasteiger partial charge < -0.3 is 14.7 Å². The van der Waals surface area contributed by atoms with E-state index < -0.39 is 0 Å². The van der Waals surface area contributed by atoms with Gasteiger partial charge in [0.15, 0.2) is 11.5 Å². The molecule has 0 saturated heterocycles. The average molecular weight is 381 g/mol. The maximum Gasteiger partial charge on any atom is 0.176 e. The first kappa shape index (κ1) is 15.3. The number of nitrogens with zero attached hydrogens (tertiary/aromatic N) is 1. The first-order chi connectivity index (χ1) is 8.51. The summed E-state index contributed by atoms with van der Waals surface area (Å²) >= 11 is 6.88. The van der Waals surface area contributed by atoms with Crippen molar-refractivity contribution in [1.29, 1.82) is 0 Å². The summed E-state index contributed by atoms with van der Waals surface area (Å²) in [5.74, 6) is 1.24. The summed E-state index contributed by atoms with van der Waals surface area (Å²) < 4.78 is 12.8. The smallest absolute Gasteiger partial charge is 0.176 e. The molecule has 100 valence electrons. The van der Waals surface area contributed by atoms with E-state index in [1.54, 1.807) is 6.07 Å². The van der Waals surface area contributed by atoms with Crippen LogP contribution in [0.2, 0.25) is 0 Å². The van der Waals surface area contributed by atoms with E-state index >= 15 is 0 Å². The molecule has 0 aliphatic carbocycles. The maximum atomic E-state index is 8.63. The van der Waals surface area contributed by atoms with Crippen molar-refractivity contribution >= 4 is 38.1 Å². The number of hydrogen-bond donors (Lipinski definition) is 1. The zero-order valence-electron chi connectivity index (χ0n) is 10.4. The van der Waals surface area contributed by atoms with Crippen molar-refractivity contribution in [2.24, 2.45) is 5.16 Å². The summed E-state index contributed by atoms with van der Waals surface area (Å²) in [6.07, 6.45) is 1.36. The molecule has 0 saturated carbocycles. The molecular formula is C12H15Br2NO3. The molecule has 0 radical (unpaired) electrons. The number of oxime groups is 1. The Labute approximate surface area is 123 Å².